The Bertz CT molecular complexity index is 900. The Morgan fingerprint density at radius 1 is 1.37 bits per heavy atom. The highest BCUT2D eigenvalue weighted by Gasteiger charge is 2.31. The zero-order chi connectivity index (χ0) is 19.1. The number of halogens is 3. The van der Waals surface area contributed by atoms with Crippen molar-refractivity contribution >= 4 is 17.5 Å². The van der Waals surface area contributed by atoms with Crippen molar-refractivity contribution in [2.75, 3.05) is 5.88 Å². The maximum Gasteiger partial charge on any atom is 0.239 e. The fourth-order valence-electron chi connectivity index (χ4n) is 4.06. The summed E-state index contributed by atoms with van der Waals surface area (Å²) in [5.74, 6) is -1.50. The molecule has 9 heteroatoms. The summed E-state index contributed by atoms with van der Waals surface area (Å²) in [5.41, 5.74) is 2.31. The molecule has 0 bridgehead atoms. The molecule has 1 N–H and O–H groups in total. The maximum atomic E-state index is 14.8. The average Bonchev–Trinajstić information content (AvgIpc) is 3.34. The largest absolute Gasteiger partial charge is 0.321 e. The van der Waals surface area contributed by atoms with Gasteiger partial charge in [0.2, 0.25) is 5.91 Å². The number of alkyl halides is 1. The highest BCUT2D eigenvalue weighted by molar-refractivity contribution is 6.27. The van der Waals surface area contributed by atoms with Gasteiger partial charge in [0.15, 0.2) is 11.6 Å². The third-order valence-corrected chi connectivity index (χ3v) is 5.78. The first-order valence-electron chi connectivity index (χ1n) is 8.95. The molecule has 1 aliphatic carbocycles. The van der Waals surface area contributed by atoms with Gasteiger partial charge in [0.05, 0.1) is 19.4 Å². The second-order valence-corrected chi connectivity index (χ2v) is 7.26. The van der Waals surface area contributed by atoms with Crippen LogP contribution in [0.4, 0.5) is 8.78 Å². The van der Waals surface area contributed by atoms with Crippen LogP contribution in [0.1, 0.15) is 34.5 Å². The Morgan fingerprint density at radius 3 is 2.93 bits per heavy atom. The molecular formula is C18H20ClF2N5O. The molecular weight excluding hydrogens is 376 g/mol. The molecule has 4 rings (SSSR count). The lowest BCUT2D eigenvalue weighted by Gasteiger charge is -2.35. The van der Waals surface area contributed by atoms with Crippen molar-refractivity contribution in [3.8, 4) is 0 Å². The molecule has 1 amide bonds. The van der Waals surface area contributed by atoms with Gasteiger partial charge in [0.1, 0.15) is 18.0 Å². The van der Waals surface area contributed by atoms with Gasteiger partial charge in [-0.25, -0.2) is 8.78 Å². The van der Waals surface area contributed by atoms with Crippen molar-refractivity contribution in [3.63, 3.8) is 0 Å². The van der Waals surface area contributed by atoms with Crippen molar-refractivity contribution in [1.29, 1.82) is 0 Å². The third-order valence-electron chi connectivity index (χ3n) is 5.55. The van der Waals surface area contributed by atoms with Crippen molar-refractivity contribution in [2.24, 2.45) is 0 Å². The zero-order valence-corrected chi connectivity index (χ0v) is 15.7. The van der Waals surface area contributed by atoms with Crippen molar-refractivity contribution < 1.29 is 13.6 Å². The van der Waals surface area contributed by atoms with E-state index in [9.17, 15) is 13.6 Å². The fraction of sp³-hybridized carbons (Fsp3) is 0.500. The molecule has 2 aromatic rings. The summed E-state index contributed by atoms with van der Waals surface area (Å²) in [5, 5.41) is 11.1. The molecule has 0 fully saturated rings. The number of fused-ring (bicyclic) bond motifs is 2. The third kappa shape index (κ3) is 3.10. The van der Waals surface area contributed by atoms with E-state index in [0.717, 1.165) is 29.8 Å². The predicted molar refractivity (Wildman–Crippen MR) is 95.0 cm³/mol. The van der Waals surface area contributed by atoms with E-state index in [2.05, 4.69) is 15.5 Å². The van der Waals surface area contributed by atoms with Gasteiger partial charge >= 0.3 is 0 Å². The molecule has 144 valence electrons. The van der Waals surface area contributed by atoms with Crippen LogP contribution in [0.25, 0.3) is 0 Å². The van der Waals surface area contributed by atoms with Crippen molar-refractivity contribution in [3.05, 3.63) is 46.0 Å². The predicted octanol–water partition coefficient (Wildman–Crippen LogP) is 2.05. The topological polar surface area (TPSA) is 63.1 Å². The van der Waals surface area contributed by atoms with Gasteiger partial charge in [0.25, 0.3) is 0 Å². The Labute approximate surface area is 160 Å². The van der Waals surface area contributed by atoms with Crippen LogP contribution in [0, 0.1) is 18.6 Å². The molecule has 0 radical (unpaired) electrons. The molecule has 2 heterocycles. The van der Waals surface area contributed by atoms with E-state index in [1.807, 2.05) is 4.57 Å². The molecule has 6 nitrogen and oxygen atoms in total. The molecule has 2 aliphatic rings. The van der Waals surface area contributed by atoms with Crippen LogP contribution in [0.3, 0.4) is 0 Å². The minimum Gasteiger partial charge on any atom is -0.321 e. The van der Waals surface area contributed by atoms with Crippen LogP contribution < -0.4 is 5.32 Å². The number of hydrogen-bond donors (Lipinski definition) is 1. The average molecular weight is 396 g/mol. The van der Waals surface area contributed by atoms with Crippen molar-refractivity contribution in [2.45, 2.75) is 52.0 Å². The SMILES string of the molecule is Cc1c(CN(C(=O)CCl)C2Cc3nncn3CN2)c(F)c(F)c2c1CCC2. The van der Waals surface area contributed by atoms with E-state index < -0.39 is 17.8 Å². The molecule has 0 spiro atoms. The zero-order valence-electron chi connectivity index (χ0n) is 14.9. The second-order valence-electron chi connectivity index (χ2n) is 7.00. The Hall–Kier alpha value is -2.06. The summed E-state index contributed by atoms with van der Waals surface area (Å²) >= 11 is 5.80. The second kappa shape index (κ2) is 7.16. The van der Waals surface area contributed by atoms with Crippen LogP contribution in [0.2, 0.25) is 0 Å². The number of nitrogens with one attached hydrogen (secondary N) is 1. The number of benzene rings is 1. The molecule has 27 heavy (non-hydrogen) atoms. The summed E-state index contributed by atoms with van der Waals surface area (Å²) in [7, 11) is 0. The number of amides is 1. The number of carbonyl (C=O) groups is 1. The minimum atomic E-state index is -0.862. The summed E-state index contributed by atoms with van der Waals surface area (Å²) in [6, 6.07) is 0. The first kappa shape index (κ1) is 18.3. The van der Waals surface area contributed by atoms with Gasteiger partial charge < -0.3 is 9.47 Å². The highest BCUT2D eigenvalue weighted by Crippen LogP contribution is 2.33. The number of hydrogen-bond acceptors (Lipinski definition) is 4. The Balaban J connectivity index is 1.68. The summed E-state index contributed by atoms with van der Waals surface area (Å²) in [4.78, 5) is 14.0. The first-order chi connectivity index (χ1) is 13.0. The van der Waals surface area contributed by atoms with Crippen LogP contribution >= 0.6 is 11.6 Å². The van der Waals surface area contributed by atoms with Gasteiger partial charge in [-0.1, -0.05) is 0 Å². The molecule has 1 aromatic carbocycles. The van der Waals surface area contributed by atoms with Crippen LogP contribution in [0.15, 0.2) is 6.33 Å². The summed E-state index contributed by atoms with van der Waals surface area (Å²) in [6.45, 7) is 2.19. The van der Waals surface area contributed by atoms with E-state index in [4.69, 9.17) is 11.6 Å². The molecule has 0 saturated heterocycles. The molecule has 1 aromatic heterocycles. The first-order valence-corrected chi connectivity index (χ1v) is 9.48. The molecule has 1 aliphatic heterocycles. The number of carbonyl (C=O) groups excluding carboxylic acids is 1. The monoisotopic (exact) mass is 395 g/mol. The van der Waals surface area contributed by atoms with Crippen molar-refractivity contribution in [1.82, 2.24) is 25.0 Å². The fourth-order valence-corrected chi connectivity index (χ4v) is 4.21. The van der Waals surface area contributed by atoms with Crippen LogP contribution in [-0.4, -0.2) is 37.6 Å². The summed E-state index contributed by atoms with van der Waals surface area (Å²) in [6.07, 6.45) is 3.72. The van der Waals surface area contributed by atoms with E-state index in [-0.39, 0.29) is 23.9 Å². The standard InChI is InChI=1S/C18H20ClF2N5O/c1-10-11-3-2-4-12(11)17(20)18(21)13(10)7-26(16(27)6-19)14-5-15-24-23-9-25(15)8-22-14/h9,14,22H,2-8H2,1H3. The van der Waals surface area contributed by atoms with Crippen LogP contribution in [-0.2, 0) is 37.3 Å². The van der Waals surface area contributed by atoms with Gasteiger partial charge in [-0.3, -0.25) is 10.1 Å². The van der Waals surface area contributed by atoms with Crippen LogP contribution in [0.5, 0.6) is 0 Å². The quantitative estimate of drug-likeness (QED) is 0.805. The van der Waals surface area contributed by atoms with Gasteiger partial charge in [-0.2, -0.15) is 0 Å². The number of nitrogens with zero attached hydrogens (tertiary/aromatic N) is 4. The van der Waals surface area contributed by atoms with Gasteiger partial charge in [-0.15, -0.1) is 21.8 Å². The number of rotatable bonds is 4. The lowest BCUT2D eigenvalue weighted by Crippen LogP contribution is -2.53. The number of aromatic nitrogens is 3. The van der Waals surface area contributed by atoms with Gasteiger partial charge in [0, 0.05) is 12.0 Å². The Kier molecular flexibility index (Phi) is 4.86. The molecule has 1 unspecified atom stereocenters. The summed E-state index contributed by atoms with van der Waals surface area (Å²) < 4.78 is 31.2. The smallest absolute Gasteiger partial charge is 0.239 e. The van der Waals surface area contributed by atoms with Gasteiger partial charge in [-0.05, 0) is 42.9 Å². The maximum absolute atomic E-state index is 14.8. The lowest BCUT2D eigenvalue weighted by molar-refractivity contribution is -0.132. The van der Waals surface area contributed by atoms with E-state index in [0.29, 0.717) is 25.1 Å². The van der Waals surface area contributed by atoms with E-state index >= 15 is 0 Å². The van der Waals surface area contributed by atoms with E-state index in [1.54, 1.807) is 13.3 Å². The molecule has 1 atom stereocenters. The van der Waals surface area contributed by atoms with E-state index in [1.165, 1.54) is 4.90 Å². The normalized spacial score (nSPS) is 18.3. The lowest BCUT2D eigenvalue weighted by atomic mass is 9.96. The minimum absolute atomic E-state index is 0.0424. The Morgan fingerprint density at radius 2 is 2.15 bits per heavy atom. The molecule has 0 saturated carbocycles. The highest BCUT2D eigenvalue weighted by atomic mass is 35.5.